The number of benzene rings is 1. The third kappa shape index (κ3) is 4.26. The van der Waals surface area contributed by atoms with Gasteiger partial charge in [0.25, 0.3) is 0 Å². The van der Waals surface area contributed by atoms with E-state index in [4.69, 9.17) is 5.73 Å². The number of nitrogens with two attached hydrogens (primary N) is 1. The van der Waals surface area contributed by atoms with E-state index >= 15 is 0 Å². The normalized spacial score (nSPS) is 23.2. The van der Waals surface area contributed by atoms with Crippen LogP contribution in [0.3, 0.4) is 0 Å². The highest BCUT2D eigenvalue weighted by Crippen LogP contribution is 2.37. The number of aromatic nitrogens is 2. The maximum absolute atomic E-state index is 13.2. The first-order valence-electron chi connectivity index (χ1n) is 10.1. The van der Waals surface area contributed by atoms with Gasteiger partial charge in [0.2, 0.25) is 5.91 Å². The Kier molecular flexibility index (Phi) is 5.51. The Morgan fingerprint density at radius 3 is 2.76 bits per heavy atom. The van der Waals surface area contributed by atoms with E-state index in [0.717, 1.165) is 24.1 Å². The predicted octanol–water partition coefficient (Wildman–Crippen LogP) is 2.38. The molecule has 0 spiro atoms. The van der Waals surface area contributed by atoms with E-state index in [1.54, 1.807) is 27.9 Å². The van der Waals surface area contributed by atoms with Gasteiger partial charge in [0.15, 0.2) is 5.96 Å². The molecule has 8 heteroatoms. The van der Waals surface area contributed by atoms with Gasteiger partial charge in [0.1, 0.15) is 5.82 Å². The quantitative estimate of drug-likeness (QED) is 0.598. The Morgan fingerprint density at radius 2 is 2.03 bits per heavy atom. The van der Waals surface area contributed by atoms with Crippen molar-refractivity contribution in [2.75, 3.05) is 13.6 Å². The van der Waals surface area contributed by atoms with E-state index in [-0.39, 0.29) is 23.7 Å². The number of halogens is 1. The third-order valence-corrected chi connectivity index (χ3v) is 5.93. The molecule has 0 radical (unpaired) electrons. The first kappa shape index (κ1) is 19.4. The van der Waals surface area contributed by atoms with Crippen LogP contribution < -0.4 is 11.1 Å². The van der Waals surface area contributed by atoms with E-state index in [1.165, 1.54) is 25.0 Å². The maximum Gasteiger partial charge on any atom is 0.223 e. The van der Waals surface area contributed by atoms with Gasteiger partial charge in [-0.1, -0.05) is 12.8 Å². The number of amides is 1. The summed E-state index contributed by atoms with van der Waals surface area (Å²) in [5.74, 6) is 0.290. The van der Waals surface area contributed by atoms with E-state index in [0.29, 0.717) is 25.0 Å². The minimum Gasteiger partial charge on any atom is -0.370 e. The zero-order valence-electron chi connectivity index (χ0n) is 16.6. The van der Waals surface area contributed by atoms with Crippen LogP contribution in [0.25, 0.3) is 5.69 Å². The summed E-state index contributed by atoms with van der Waals surface area (Å²) >= 11 is 0. The Bertz CT molecular complexity index is 887. The topological polar surface area (TPSA) is 88.5 Å². The molecule has 2 atom stereocenters. The molecule has 2 aromatic rings. The van der Waals surface area contributed by atoms with Gasteiger partial charge in [-0.15, -0.1) is 0 Å². The second-order valence-electron chi connectivity index (χ2n) is 7.96. The van der Waals surface area contributed by atoms with Crippen LogP contribution in [0, 0.1) is 11.7 Å². The summed E-state index contributed by atoms with van der Waals surface area (Å²) in [4.78, 5) is 18.6. The molecule has 154 valence electrons. The smallest absolute Gasteiger partial charge is 0.223 e. The minimum absolute atomic E-state index is 0.0299. The van der Waals surface area contributed by atoms with E-state index in [1.807, 2.05) is 13.2 Å². The van der Waals surface area contributed by atoms with Crippen LogP contribution in [0.4, 0.5) is 4.39 Å². The maximum atomic E-state index is 13.2. The number of guanidine groups is 1. The molecule has 3 N–H and O–H groups in total. The van der Waals surface area contributed by atoms with Crippen LogP contribution in [0.15, 0.2) is 41.7 Å². The van der Waals surface area contributed by atoms with Crippen molar-refractivity contribution < 1.29 is 9.18 Å². The molecule has 0 bridgehead atoms. The van der Waals surface area contributed by atoms with Gasteiger partial charge >= 0.3 is 0 Å². The summed E-state index contributed by atoms with van der Waals surface area (Å²) in [6, 6.07) is 6.45. The van der Waals surface area contributed by atoms with Crippen LogP contribution in [0.2, 0.25) is 0 Å². The van der Waals surface area contributed by atoms with Crippen molar-refractivity contribution in [3.05, 3.63) is 48.0 Å². The van der Waals surface area contributed by atoms with Crippen molar-refractivity contribution >= 4 is 11.9 Å². The van der Waals surface area contributed by atoms with Crippen LogP contribution in [0.5, 0.6) is 0 Å². The fourth-order valence-corrected chi connectivity index (χ4v) is 4.38. The van der Waals surface area contributed by atoms with E-state index in [9.17, 15) is 9.18 Å². The molecule has 2 fully saturated rings. The Hall–Kier alpha value is -2.90. The SMILES string of the molecule is CN1C(=O)C[C@@H](CN=C(N)NC2CCCC2)[C@@H]1c1cnn(-c2ccc(F)cc2)c1. The van der Waals surface area contributed by atoms with E-state index < -0.39 is 0 Å². The molecular formula is C21H27FN6O. The number of nitrogens with zero attached hydrogens (tertiary/aromatic N) is 4. The molecule has 1 aliphatic carbocycles. The van der Waals surface area contributed by atoms with Crippen molar-refractivity contribution in [1.29, 1.82) is 0 Å². The Morgan fingerprint density at radius 1 is 1.31 bits per heavy atom. The average molecular weight is 398 g/mol. The number of carbonyl (C=O) groups excluding carboxylic acids is 1. The number of hydrogen-bond acceptors (Lipinski definition) is 3. The second-order valence-corrected chi connectivity index (χ2v) is 7.96. The number of hydrogen-bond donors (Lipinski definition) is 2. The lowest BCUT2D eigenvalue weighted by Crippen LogP contribution is -2.39. The molecule has 0 unspecified atom stereocenters. The van der Waals surface area contributed by atoms with Crippen molar-refractivity contribution in [1.82, 2.24) is 20.0 Å². The second kappa shape index (κ2) is 8.23. The number of carbonyl (C=O) groups is 1. The fraction of sp³-hybridized carbons (Fsp3) is 0.476. The van der Waals surface area contributed by atoms with Crippen molar-refractivity contribution in [2.45, 2.75) is 44.2 Å². The van der Waals surface area contributed by atoms with Crippen molar-refractivity contribution in [2.24, 2.45) is 16.6 Å². The van der Waals surface area contributed by atoms with Crippen molar-refractivity contribution in [3.63, 3.8) is 0 Å². The molecule has 1 aromatic carbocycles. The number of rotatable bonds is 5. The summed E-state index contributed by atoms with van der Waals surface area (Å²) in [5.41, 5.74) is 7.77. The first-order valence-corrected chi connectivity index (χ1v) is 10.1. The molecule has 1 amide bonds. The van der Waals surface area contributed by atoms with Gasteiger partial charge in [0, 0.05) is 43.7 Å². The van der Waals surface area contributed by atoms with E-state index in [2.05, 4.69) is 15.4 Å². The van der Waals surface area contributed by atoms with Gasteiger partial charge in [-0.05, 0) is 37.1 Å². The van der Waals surface area contributed by atoms with Gasteiger partial charge in [-0.25, -0.2) is 9.07 Å². The Balaban J connectivity index is 1.48. The molecule has 1 saturated carbocycles. The summed E-state index contributed by atoms with van der Waals surface area (Å²) < 4.78 is 14.9. The highest BCUT2D eigenvalue weighted by atomic mass is 19.1. The molecule has 1 aromatic heterocycles. The molecule has 2 heterocycles. The Labute approximate surface area is 169 Å². The number of aliphatic imine (C=N–C) groups is 1. The van der Waals surface area contributed by atoms with Gasteiger partial charge in [-0.2, -0.15) is 5.10 Å². The number of likely N-dealkylation sites (tertiary alicyclic amines) is 1. The summed E-state index contributed by atoms with van der Waals surface area (Å²) in [6.07, 6.45) is 8.81. The average Bonchev–Trinajstić information content (AvgIpc) is 3.43. The summed E-state index contributed by atoms with van der Waals surface area (Å²) in [7, 11) is 1.81. The lowest BCUT2D eigenvalue weighted by molar-refractivity contribution is -0.127. The first-order chi connectivity index (χ1) is 14.0. The van der Waals surface area contributed by atoms with Crippen molar-refractivity contribution in [3.8, 4) is 5.69 Å². The molecule has 4 rings (SSSR count). The lowest BCUT2D eigenvalue weighted by atomic mass is 9.96. The predicted molar refractivity (Wildman–Crippen MR) is 109 cm³/mol. The minimum atomic E-state index is -0.288. The molecular weight excluding hydrogens is 371 g/mol. The van der Waals surface area contributed by atoms with Gasteiger partial charge < -0.3 is 16.0 Å². The van der Waals surface area contributed by atoms with Gasteiger partial charge in [0.05, 0.1) is 17.9 Å². The highest BCUT2D eigenvalue weighted by Gasteiger charge is 2.39. The molecule has 2 aliphatic rings. The van der Waals surface area contributed by atoms with Crippen LogP contribution in [0.1, 0.15) is 43.7 Å². The fourth-order valence-electron chi connectivity index (χ4n) is 4.38. The molecule has 1 saturated heterocycles. The molecule has 29 heavy (non-hydrogen) atoms. The monoisotopic (exact) mass is 398 g/mol. The largest absolute Gasteiger partial charge is 0.370 e. The zero-order chi connectivity index (χ0) is 20.4. The third-order valence-electron chi connectivity index (χ3n) is 5.93. The zero-order valence-corrected chi connectivity index (χ0v) is 16.6. The highest BCUT2D eigenvalue weighted by molar-refractivity contribution is 5.80. The summed E-state index contributed by atoms with van der Waals surface area (Å²) in [5, 5.41) is 7.69. The standard InChI is InChI=1S/C21H27FN6O/c1-27-19(29)10-14(11-24-21(23)26-17-4-2-3-5-17)20(27)15-12-25-28(13-15)18-8-6-16(22)7-9-18/h6-9,12-14,17,20H,2-5,10-11H2,1H3,(H3,23,24,26)/t14-,20+/m0/s1. The van der Waals surface area contributed by atoms with Crippen LogP contribution in [-0.2, 0) is 4.79 Å². The molecule has 1 aliphatic heterocycles. The van der Waals surface area contributed by atoms with Crippen LogP contribution in [-0.4, -0.2) is 46.2 Å². The van der Waals surface area contributed by atoms with Gasteiger partial charge in [-0.3, -0.25) is 9.79 Å². The molecule has 7 nitrogen and oxygen atoms in total. The summed E-state index contributed by atoms with van der Waals surface area (Å²) in [6.45, 7) is 0.480. The van der Waals surface area contributed by atoms with Crippen LogP contribution >= 0.6 is 0 Å². The lowest BCUT2D eigenvalue weighted by Gasteiger charge is -2.23. The number of nitrogens with one attached hydrogen (secondary N) is 1.